The highest BCUT2D eigenvalue weighted by atomic mass is 14.8. The number of aryl methyl sites for hydroxylation is 8. The summed E-state index contributed by atoms with van der Waals surface area (Å²) >= 11 is 0. The molecule has 118 heavy (non-hydrogen) atoms. The predicted octanol–water partition coefficient (Wildman–Crippen LogP) is 38.1. The predicted molar refractivity (Wildman–Crippen MR) is 540 cm³/mol. The van der Waals surface area contributed by atoms with Crippen LogP contribution in [0, 0.1) is 271 Å². The Hall–Kier alpha value is -3.64. The van der Waals surface area contributed by atoms with Crippen LogP contribution in [0.4, 0.5) is 0 Å². The first-order valence-corrected chi connectivity index (χ1v) is 47.0. The molecule has 5 aromatic carbocycles. The van der Waals surface area contributed by atoms with E-state index in [4.69, 9.17) is 0 Å². The lowest BCUT2D eigenvalue weighted by atomic mass is 9.28. The van der Waals surface area contributed by atoms with Crippen molar-refractivity contribution < 1.29 is 0 Å². The van der Waals surface area contributed by atoms with Gasteiger partial charge in [0.05, 0.1) is 0 Å². The Morgan fingerprint density at radius 1 is 0.0847 bits per heavy atom. The quantitative estimate of drug-likeness (QED) is 0.136. The van der Waals surface area contributed by atoms with Gasteiger partial charge in [-0.25, -0.2) is 0 Å². The van der Waals surface area contributed by atoms with Gasteiger partial charge in [0, 0.05) is 0 Å². The molecule has 0 amide bonds. The van der Waals surface area contributed by atoms with Crippen LogP contribution < -0.4 is 0 Å². The molecule has 0 unspecified atom stereocenters. The maximum absolute atomic E-state index is 2.48. The topological polar surface area (TPSA) is 0 Å². The molecule has 5 aliphatic rings. The first-order chi connectivity index (χ1) is 51.4. The molecule has 0 N–H and O–H groups in total. The zero-order valence-electron chi connectivity index (χ0n) is 93.0. The molecule has 0 radical (unpaired) electrons. The van der Waals surface area contributed by atoms with Crippen LogP contribution in [0.25, 0.3) is 21.5 Å². The monoisotopic (exact) mass is 1620 g/mol. The standard InChI is InChI=1S/2C18H24.C18H36.C16H30.C15H30.C12H24.C12H18.C9H18/c2*1-9-10(2)14(6)18-16(8)12(4)11(3)15(7)17(18)13(9)5;1-13(2)14(3,4)16(7,8)18(11,12)17(9,10)15(13,5)6;1-11-12(2)14(5,6)16(9,10)15(7,8)13(11,3)4;1-11(2)12(3,4)14(7,8)15(9,10)13(11,5)6;1-9(2)10(3,4)12(7,8)11(9,5)6;1-7-8(2)10(4)12(6)11(5)9(7)3;1-7(2)8(3,4)9(7,5)6/h2*1-8H3;1-12H3;1-10H3;1-10H3;1-8H3;1-6H3;1-6H3. The summed E-state index contributed by atoms with van der Waals surface area (Å²) in [6.07, 6.45) is 0. The molecule has 5 aliphatic carbocycles. The average molecular weight is 1620 g/mol. The Morgan fingerprint density at radius 2 is 0.144 bits per heavy atom. The van der Waals surface area contributed by atoms with Gasteiger partial charge in [-0.2, -0.15) is 0 Å². The highest BCUT2D eigenvalue weighted by Crippen LogP contribution is 2.81. The number of rotatable bonds is 0. The third kappa shape index (κ3) is 14.4. The summed E-state index contributed by atoms with van der Waals surface area (Å²) in [5.74, 6) is 0. The maximum Gasteiger partial charge on any atom is -0.00881 e. The van der Waals surface area contributed by atoms with E-state index in [-0.39, 0.29) is 10.8 Å². The minimum atomic E-state index is 0.274. The third-order valence-corrected chi connectivity index (χ3v) is 48.8. The van der Waals surface area contributed by atoms with E-state index in [1.54, 1.807) is 11.1 Å². The number of fused-ring (bicyclic) bond motifs is 2. The van der Waals surface area contributed by atoms with Gasteiger partial charge in [-0.1, -0.05) is 316 Å². The van der Waals surface area contributed by atoms with Crippen molar-refractivity contribution in [3.8, 4) is 0 Å². The van der Waals surface area contributed by atoms with Crippen LogP contribution in [0.5, 0.6) is 0 Å². The summed E-state index contributed by atoms with van der Waals surface area (Å²) in [5.41, 5.74) is 43.2. The summed E-state index contributed by atoms with van der Waals surface area (Å²) in [6, 6.07) is 0. The molecular weight excluding hydrogens is 1420 g/mol. The van der Waals surface area contributed by atoms with E-state index in [2.05, 4.69) is 471 Å². The average Bonchev–Trinajstić information content (AvgIpc) is 1.10. The molecule has 0 heterocycles. The Bertz CT molecular complexity index is 3850. The van der Waals surface area contributed by atoms with Crippen LogP contribution in [0.15, 0.2) is 11.1 Å². The van der Waals surface area contributed by atoms with Crippen LogP contribution in [0.2, 0.25) is 0 Å². The van der Waals surface area contributed by atoms with Gasteiger partial charge in [-0.05, 0) is 429 Å². The molecule has 0 atom stereocenters. The number of benzene rings is 5. The van der Waals surface area contributed by atoms with Crippen molar-refractivity contribution >= 4 is 21.5 Å². The van der Waals surface area contributed by atoms with Crippen LogP contribution in [0.1, 0.15) is 441 Å². The summed E-state index contributed by atoms with van der Waals surface area (Å²) in [6.45, 7) is 161. The summed E-state index contributed by atoms with van der Waals surface area (Å²) in [7, 11) is 0. The fourth-order valence-corrected chi connectivity index (χ4v) is 25.0. The first-order valence-electron chi connectivity index (χ1n) is 47.0. The number of allylic oxidation sites excluding steroid dienone is 2. The lowest BCUT2D eigenvalue weighted by Crippen LogP contribution is -2.70. The zero-order chi connectivity index (χ0) is 95.2. The second-order valence-electron chi connectivity index (χ2n) is 52.2. The SMILES string of the molecule is CC1(C)C(C)(C)C(C)(C)C(C)(C)C(C)(C)C1(C)C.CC1(C)C(C)(C)C(C)(C)C(C)(C)C1(C)C.CC1(C)C(C)(C)C(C)(C)C1(C)C.CC1(C)C(C)(C)C1(C)C.CC1=C(C)C(C)(C)C(C)(C)C(C)(C)C1(C)C.Cc1c(C)c(C)c(C)c(C)c1C.Cc1c(C)c(C)c2c(C)c(C)c(C)c(C)c2c1C.Cc1c(C)c(C)c2c(C)c(C)c(C)c(C)c2c1C. The van der Waals surface area contributed by atoms with Gasteiger partial charge in [0.1, 0.15) is 0 Å². The fraction of sp³-hybridized carbons (Fsp3) is 0.763. The molecular formula is C118H204. The molecule has 0 nitrogen and oxygen atoms in total. The van der Waals surface area contributed by atoms with Gasteiger partial charge in [0.2, 0.25) is 0 Å². The molecule has 4 fully saturated rings. The van der Waals surface area contributed by atoms with Crippen molar-refractivity contribution in [2.75, 3.05) is 0 Å². The molecule has 676 valence electrons. The second-order valence-corrected chi connectivity index (χ2v) is 52.2. The smallest absolute Gasteiger partial charge is 0.00881 e. The van der Waals surface area contributed by atoms with Crippen molar-refractivity contribution in [2.24, 2.45) is 119 Å². The van der Waals surface area contributed by atoms with E-state index in [1.165, 1.54) is 144 Å². The number of hydrogen-bond acceptors (Lipinski definition) is 0. The highest BCUT2D eigenvalue weighted by molar-refractivity contribution is 5.98. The van der Waals surface area contributed by atoms with Crippen molar-refractivity contribution in [3.63, 3.8) is 0 Å². The number of hydrogen-bond donors (Lipinski definition) is 0. The molecule has 4 saturated carbocycles. The fourth-order valence-electron chi connectivity index (χ4n) is 25.0. The van der Waals surface area contributed by atoms with Gasteiger partial charge in [-0.15, -0.1) is 0 Å². The largest absolute Gasteiger partial charge is 0.0676 e. The zero-order valence-corrected chi connectivity index (χ0v) is 93.0. The highest BCUT2D eigenvalue weighted by Gasteiger charge is 2.75. The van der Waals surface area contributed by atoms with Crippen LogP contribution in [0.3, 0.4) is 0 Å². The van der Waals surface area contributed by atoms with E-state index >= 15 is 0 Å². The van der Waals surface area contributed by atoms with Crippen molar-refractivity contribution in [1.29, 1.82) is 0 Å². The Morgan fingerprint density at radius 3 is 0.212 bits per heavy atom. The molecule has 0 aromatic heterocycles. The van der Waals surface area contributed by atoms with E-state index < -0.39 is 0 Å². The molecule has 10 rings (SSSR count). The molecule has 0 heteroatoms. The minimum absolute atomic E-state index is 0.274. The van der Waals surface area contributed by atoms with E-state index in [1.807, 2.05) is 0 Å². The van der Waals surface area contributed by atoms with Gasteiger partial charge in [-0.3, -0.25) is 0 Å². The summed E-state index contributed by atoms with van der Waals surface area (Å²) in [5, 5.41) is 5.93. The lowest BCUT2D eigenvalue weighted by Gasteiger charge is -2.76. The normalized spacial score (nSPS) is 24.2. The molecule has 0 spiro atoms. The molecule has 0 bridgehead atoms. The van der Waals surface area contributed by atoms with Gasteiger partial charge in [0.25, 0.3) is 0 Å². The van der Waals surface area contributed by atoms with Crippen LogP contribution in [-0.2, 0) is 0 Å². The molecule has 0 saturated heterocycles. The van der Waals surface area contributed by atoms with Crippen LogP contribution in [-0.4, -0.2) is 0 Å². The van der Waals surface area contributed by atoms with Crippen molar-refractivity contribution in [3.05, 3.63) is 134 Å². The maximum atomic E-state index is 2.48. The first kappa shape index (κ1) is 109. The molecule has 0 aliphatic heterocycles. The van der Waals surface area contributed by atoms with Gasteiger partial charge in [0.15, 0.2) is 0 Å². The van der Waals surface area contributed by atoms with Crippen molar-refractivity contribution in [1.82, 2.24) is 0 Å². The minimum Gasteiger partial charge on any atom is -0.0676 e. The Labute approximate surface area is 740 Å². The van der Waals surface area contributed by atoms with Gasteiger partial charge < -0.3 is 0 Å². The summed E-state index contributed by atoms with van der Waals surface area (Å²) in [4.78, 5) is 0. The third-order valence-electron chi connectivity index (χ3n) is 48.8. The Balaban J connectivity index is 0.000000351. The second kappa shape index (κ2) is 31.7. The van der Waals surface area contributed by atoms with Gasteiger partial charge >= 0.3 is 0 Å². The Kier molecular flexibility index (Phi) is 29.2. The van der Waals surface area contributed by atoms with E-state index in [0.717, 1.165) is 0 Å². The van der Waals surface area contributed by atoms with E-state index in [0.29, 0.717) is 108 Å². The van der Waals surface area contributed by atoms with Crippen LogP contribution >= 0.6 is 0 Å². The van der Waals surface area contributed by atoms with E-state index in [9.17, 15) is 0 Å². The molecule has 5 aromatic rings. The van der Waals surface area contributed by atoms with Crippen molar-refractivity contribution in [2.45, 2.75) is 471 Å². The summed E-state index contributed by atoms with van der Waals surface area (Å²) < 4.78 is 0. The lowest BCUT2D eigenvalue weighted by molar-refractivity contribution is -0.283.